The standard InChI is InChI=1S/C12H17N/c1-4-10(2)12-7-5-11(6-8-12)9-13-3/h4-8,13H,9H2,1-3H3/b10-4-. The van der Waals surface area contributed by atoms with Gasteiger partial charge in [0.2, 0.25) is 0 Å². The van der Waals surface area contributed by atoms with Crippen LogP contribution in [0, 0.1) is 0 Å². The number of allylic oxidation sites excluding steroid dienone is 2. The molecule has 0 saturated heterocycles. The molecule has 1 aromatic rings. The predicted octanol–water partition coefficient (Wildman–Crippen LogP) is 2.83. The van der Waals surface area contributed by atoms with E-state index in [0.717, 1.165) is 6.54 Å². The Labute approximate surface area is 80.5 Å². The minimum Gasteiger partial charge on any atom is -0.316 e. The zero-order valence-corrected chi connectivity index (χ0v) is 8.59. The molecule has 1 nitrogen and oxygen atoms in total. The molecule has 0 aliphatic heterocycles. The minimum absolute atomic E-state index is 0.940. The summed E-state index contributed by atoms with van der Waals surface area (Å²) in [6.07, 6.45) is 2.13. The summed E-state index contributed by atoms with van der Waals surface area (Å²) in [5.74, 6) is 0. The molecular weight excluding hydrogens is 158 g/mol. The summed E-state index contributed by atoms with van der Waals surface area (Å²) in [5, 5.41) is 3.13. The Morgan fingerprint density at radius 2 is 1.92 bits per heavy atom. The van der Waals surface area contributed by atoms with Crippen molar-refractivity contribution in [1.29, 1.82) is 0 Å². The zero-order chi connectivity index (χ0) is 9.68. The van der Waals surface area contributed by atoms with Crippen LogP contribution in [0.25, 0.3) is 5.57 Å². The summed E-state index contributed by atoms with van der Waals surface area (Å²) in [7, 11) is 1.96. The van der Waals surface area contributed by atoms with E-state index in [1.54, 1.807) is 0 Å². The first kappa shape index (κ1) is 10.0. The van der Waals surface area contributed by atoms with Gasteiger partial charge < -0.3 is 5.32 Å². The van der Waals surface area contributed by atoms with Crippen molar-refractivity contribution in [3.05, 3.63) is 41.5 Å². The molecule has 1 aromatic carbocycles. The normalized spacial score (nSPS) is 11.8. The predicted molar refractivity (Wildman–Crippen MR) is 58.5 cm³/mol. The van der Waals surface area contributed by atoms with Crippen molar-refractivity contribution in [2.24, 2.45) is 0 Å². The van der Waals surface area contributed by atoms with Crippen molar-refractivity contribution in [1.82, 2.24) is 5.32 Å². The maximum atomic E-state index is 3.13. The number of benzene rings is 1. The molecule has 0 spiro atoms. The molecule has 0 atom stereocenters. The van der Waals surface area contributed by atoms with Gasteiger partial charge in [0.25, 0.3) is 0 Å². The SMILES string of the molecule is C/C=C(/C)c1ccc(CNC)cc1. The van der Waals surface area contributed by atoms with Crippen LogP contribution in [-0.4, -0.2) is 7.05 Å². The summed E-state index contributed by atoms with van der Waals surface area (Å²) in [4.78, 5) is 0. The molecule has 0 heterocycles. The van der Waals surface area contributed by atoms with Gasteiger partial charge in [0.05, 0.1) is 0 Å². The lowest BCUT2D eigenvalue weighted by Gasteiger charge is -2.03. The van der Waals surface area contributed by atoms with Gasteiger partial charge in [-0.25, -0.2) is 0 Å². The fourth-order valence-electron chi connectivity index (χ4n) is 1.26. The molecule has 0 aliphatic rings. The molecular formula is C12H17N. The van der Waals surface area contributed by atoms with Gasteiger partial charge in [0.15, 0.2) is 0 Å². The third kappa shape index (κ3) is 2.71. The van der Waals surface area contributed by atoms with Crippen LogP contribution in [0.4, 0.5) is 0 Å². The molecule has 0 fully saturated rings. The first-order valence-corrected chi connectivity index (χ1v) is 4.64. The van der Waals surface area contributed by atoms with Gasteiger partial charge in [-0.1, -0.05) is 30.3 Å². The molecule has 1 heteroatoms. The number of hydrogen-bond donors (Lipinski definition) is 1. The Morgan fingerprint density at radius 3 is 2.38 bits per heavy atom. The van der Waals surface area contributed by atoms with Crippen LogP contribution >= 0.6 is 0 Å². The van der Waals surface area contributed by atoms with E-state index < -0.39 is 0 Å². The third-order valence-corrected chi connectivity index (χ3v) is 2.22. The van der Waals surface area contributed by atoms with E-state index in [4.69, 9.17) is 0 Å². The summed E-state index contributed by atoms with van der Waals surface area (Å²) in [5.41, 5.74) is 3.97. The van der Waals surface area contributed by atoms with Crippen molar-refractivity contribution in [3.63, 3.8) is 0 Å². The summed E-state index contributed by atoms with van der Waals surface area (Å²) >= 11 is 0. The van der Waals surface area contributed by atoms with Gasteiger partial charge in [0, 0.05) is 6.54 Å². The van der Waals surface area contributed by atoms with E-state index in [2.05, 4.69) is 49.5 Å². The van der Waals surface area contributed by atoms with E-state index in [1.165, 1.54) is 16.7 Å². The van der Waals surface area contributed by atoms with Crippen LogP contribution < -0.4 is 5.32 Å². The first-order chi connectivity index (χ1) is 6.27. The van der Waals surface area contributed by atoms with Crippen LogP contribution in [0.1, 0.15) is 25.0 Å². The molecule has 1 rings (SSSR count). The Kier molecular flexibility index (Phi) is 3.71. The highest BCUT2D eigenvalue weighted by Crippen LogP contribution is 2.13. The molecule has 0 aromatic heterocycles. The largest absolute Gasteiger partial charge is 0.316 e. The lowest BCUT2D eigenvalue weighted by molar-refractivity contribution is 0.818. The van der Waals surface area contributed by atoms with E-state index in [-0.39, 0.29) is 0 Å². The molecule has 0 bridgehead atoms. The van der Waals surface area contributed by atoms with Gasteiger partial charge in [0.1, 0.15) is 0 Å². The van der Waals surface area contributed by atoms with E-state index in [1.807, 2.05) is 7.05 Å². The summed E-state index contributed by atoms with van der Waals surface area (Å²) < 4.78 is 0. The molecule has 0 saturated carbocycles. The maximum absolute atomic E-state index is 3.13. The molecule has 13 heavy (non-hydrogen) atoms. The molecule has 0 aliphatic carbocycles. The van der Waals surface area contributed by atoms with Gasteiger partial charge in [-0.15, -0.1) is 0 Å². The second kappa shape index (κ2) is 4.83. The van der Waals surface area contributed by atoms with Crippen molar-refractivity contribution in [2.75, 3.05) is 7.05 Å². The van der Waals surface area contributed by atoms with Crippen molar-refractivity contribution >= 4 is 5.57 Å². The van der Waals surface area contributed by atoms with Crippen LogP contribution in [0.5, 0.6) is 0 Å². The minimum atomic E-state index is 0.940. The Hall–Kier alpha value is -1.08. The van der Waals surface area contributed by atoms with Crippen LogP contribution in [-0.2, 0) is 6.54 Å². The molecule has 0 amide bonds. The van der Waals surface area contributed by atoms with Crippen molar-refractivity contribution < 1.29 is 0 Å². The van der Waals surface area contributed by atoms with Gasteiger partial charge in [-0.3, -0.25) is 0 Å². The maximum Gasteiger partial charge on any atom is 0.0202 e. The summed E-state index contributed by atoms with van der Waals surface area (Å²) in [6.45, 7) is 5.14. The lowest BCUT2D eigenvalue weighted by Crippen LogP contribution is -2.04. The number of rotatable bonds is 3. The molecule has 0 unspecified atom stereocenters. The number of nitrogens with one attached hydrogen (secondary N) is 1. The lowest BCUT2D eigenvalue weighted by atomic mass is 10.1. The zero-order valence-electron chi connectivity index (χ0n) is 8.59. The van der Waals surface area contributed by atoms with Gasteiger partial charge >= 0.3 is 0 Å². The van der Waals surface area contributed by atoms with Crippen molar-refractivity contribution in [3.8, 4) is 0 Å². The Balaban J connectivity index is 2.81. The van der Waals surface area contributed by atoms with Crippen LogP contribution in [0.2, 0.25) is 0 Å². The van der Waals surface area contributed by atoms with Crippen molar-refractivity contribution in [2.45, 2.75) is 20.4 Å². The summed E-state index contributed by atoms with van der Waals surface area (Å²) in [6, 6.07) is 8.67. The smallest absolute Gasteiger partial charge is 0.0202 e. The first-order valence-electron chi connectivity index (χ1n) is 4.64. The van der Waals surface area contributed by atoms with Crippen LogP contribution in [0.15, 0.2) is 30.3 Å². The fourth-order valence-corrected chi connectivity index (χ4v) is 1.26. The monoisotopic (exact) mass is 175 g/mol. The highest BCUT2D eigenvalue weighted by atomic mass is 14.8. The van der Waals surface area contributed by atoms with E-state index in [9.17, 15) is 0 Å². The topological polar surface area (TPSA) is 12.0 Å². The molecule has 70 valence electrons. The average molecular weight is 175 g/mol. The highest BCUT2D eigenvalue weighted by molar-refractivity contribution is 5.63. The highest BCUT2D eigenvalue weighted by Gasteiger charge is 1.94. The second-order valence-electron chi connectivity index (χ2n) is 3.20. The Bertz CT molecular complexity index is 282. The van der Waals surface area contributed by atoms with Crippen LogP contribution in [0.3, 0.4) is 0 Å². The van der Waals surface area contributed by atoms with E-state index in [0.29, 0.717) is 0 Å². The second-order valence-corrected chi connectivity index (χ2v) is 3.20. The van der Waals surface area contributed by atoms with Gasteiger partial charge in [-0.2, -0.15) is 0 Å². The third-order valence-electron chi connectivity index (χ3n) is 2.22. The number of hydrogen-bond acceptors (Lipinski definition) is 1. The average Bonchev–Trinajstić information content (AvgIpc) is 2.18. The van der Waals surface area contributed by atoms with Gasteiger partial charge in [-0.05, 0) is 37.6 Å². The quantitative estimate of drug-likeness (QED) is 0.745. The molecule has 1 N–H and O–H groups in total. The molecule has 0 radical (unpaired) electrons. The Morgan fingerprint density at radius 1 is 1.31 bits per heavy atom. The fraction of sp³-hybridized carbons (Fsp3) is 0.333. The van der Waals surface area contributed by atoms with E-state index >= 15 is 0 Å².